The molecule has 0 radical (unpaired) electrons. The summed E-state index contributed by atoms with van der Waals surface area (Å²) in [5.74, 6) is 0. The van der Waals surface area contributed by atoms with Gasteiger partial charge in [0, 0.05) is 11.6 Å². The lowest BCUT2D eigenvalue weighted by molar-refractivity contribution is 1.12. The Hall–Kier alpha value is -1.13. The molecule has 0 saturated heterocycles. The zero-order valence-corrected chi connectivity index (χ0v) is 8.02. The van der Waals surface area contributed by atoms with Crippen LogP contribution in [0.1, 0.15) is 0 Å². The lowest BCUT2D eigenvalue weighted by atomic mass is 10.2. The number of hydrogen-bond acceptors (Lipinski definition) is 3. The van der Waals surface area contributed by atoms with Crippen LogP contribution in [0.25, 0.3) is 11.3 Å². The number of nitrogens with zero attached hydrogens (tertiary/aromatic N) is 1. The first-order valence-corrected chi connectivity index (χ1v) is 4.81. The predicted molar refractivity (Wildman–Crippen MR) is 53.2 cm³/mol. The van der Waals surface area contributed by atoms with Gasteiger partial charge in [0.15, 0.2) is 0 Å². The number of rotatable bonds is 1. The molecule has 0 amide bonds. The molecule has 2 aromatic heterocycles. The molecule has 0 saturated carbocycles. The molecule has 0 aliphatic rings. The highest BCUT2D eigenvalue weighted by molar-refractivity contribution is 7.15. The van der Waals surface area contributed by atoms with Crippen molar-refractivity contribution in [2.45, 2.75) is 0 Å². The molecule has 0 aliphatic carbocycles. The van der Waals surface area contributed by atoms with Crippen molar-refractivity contribution < 1.29 is 0 Å². The van der Waals surface area contributed by atoms with Gasteiger partial charge in [0.1, 0.15) is 4.34 Å². The third-order valence-electron chi connectivity index (χ3n) is 1.57. The third-order valence-corrected chi connectivity index (χ3v) is 2.74. The molecule has 2 heterocycles. The molecule has 1 N–H and O–H groups in total. The summed E-state index contributed by atoms with van der Waals surface area (Å²) in [4.78, 5) is 17.4. The van der Waals surface area contributed by atoms with Gasteiger partial charge in [-0.1, -0.05) is 11.6 Å². The van der Waals surface area contributed by atoms with Crippen LogP contribution in [0.4, 0.5) is 0 Å². The van der Waals surface area contributed by atoms with Crippen LogP contribution < -0.4 is 5.56 Å². The summed E-state index contributed by atoms with van der Waals surface area (Å²) in [5, 5.41) is 1.86. The highest BCUT2D eigenvalue weighted by Crippen LogP contribution is 2.30. The molecule has 0 atom stereocenters. The Morgan fingerprint density at radius 3 is 3.00 bits per heavy atom. The summed E-state index contributed by atoms with van der Waals surface area (Å²) in [7, 11) is 0. The maximum absolute atomic E-state index is 11.0. The minimum absolute atomic E-state index is 0.174. The molecule has 0 unspecified atom stereocenters. The van der Waals surface area contributed by atoms with Crippen LogP contribution in [-0.2, 0) is 0 Å². The van der Waals surface area contributed by atoms with E-state index in [-0.39, 0.29) is 5.56 Å². The molecular formula is C8H5ClN2OS. The second-order valence-electron chi connectivity index (χ2n) is 2.40. The van der Waals surface area contributed by atoms with Gasteiger partial charge in [-0.05, 0) is 11.4 Å². The molecule has 3 nitrogen and oxygen atoms in total. The predicted octanol–water partition coefficient (Wildman–Crippen LogP) is 2.15. The SMILES string of the molecule is O=c1cc(-c2ccsc2Cl)nc[nH]1. The zero-order valence-electron chi connectivity index (χ0n) is 6.45. The van der Waals surface area contributed by atoms with Crippen LogP contribution in [0.3, 0.4) is 0 Å². The monoisotopic (exact) mass is 212 g/mol. The average molecular weight is 213 g/mol. The lowest BCUT2D eigenvalue weighted by Gasteiger charge is -1.94. The largest absolute Gasteiger partial charge is 0.313 e. The Balaban J connectivity index is 2.59. The first-order valence-electron chi connectivity index (χ1n) is 3.55. The second kappa shape index (κ2) is 3.32. The highest BCUT2D eigenvalue weighted by atomic mass is 35.5. The Morgan fingerprint density at radius 1 is 1.54 bits per heavy atom. The minimum Gasteiger partial charge on any atom is -0.313 e. The molecule has 66 valence electrons. The average Bonchev–Trinajstić information content (AvgIpc) is 2.51. The topological polar surface area (TPSA) is 45.8 Å². The Labute approximate surface area is 83.0 Å². The van der Waals surface area contributed by atoms with Gasteiger partial charge in [-0.2, -0.15) is 0 Å². The smallest absolute Gasteiger partial charge is 0.251 e. The maximum atomic E-state index is 11.0. The van der Waals surface area contributed by atoms with Gasteiger partial charge in [0.05, 0.1) is 12.0 Å². The molecule has 0 fully saturated rings. The zero-order chi connectivity index (χ0) is 9.26. The Morgan fingerprint density at radius 2 is 2.38 bits per heavy atom. The Bertz CT molecular complexity index is 477. The van der Waals surface area contributed by atoms with Gasteiger partial charge in [-0.15, -0.1) is 11.3 Å². The molecule has 5 heteroatoms. The van der Waals surface area contributed by atoms with E-state index < -0.39 is 0 Å². The van der Waals surface area contributed by atoms with Crippen molar-refractivity contribution in [2.24, 2.45) is 0 Å². The van der Waals surface area contributed by atoms with Crippen LogP contribution in [0.2, 0.25) is 4.34 Å². The molecule has 0 spiro atoms. The van der Waals surface area contributed by atoms with E-state index in [1.54, 1.807) is 0 Å². The minimum atomic E-state index is -0.174. The molecule has 0 aliphatic heterocycles. The molecule has 0 aromatic carbocycles. The molecule has 0 bridgehead atoms. The number of thiophene rings is 1. The van der Waals surface area contributed by atoms with Crippen LogP contribution in [-0.4, -0.2) is 9.97 Å². The van der Waals surface area contributed by atoms with Crippen LogP contribution in [0, 0.1) is 0 Å². The number of nitrogens with one attached hydrogen (secondary N) is 1. The number of aromatic amines is 1. The van der Waals surface area contributed by atoms with Crippen LogP contribution in [0.5, 0.6) is 0 Å². The first-order chi connectivity index (χ1) is 6.27. The molecule has 2 aromatic rings. The van der Waals surface area contributed by atoms with Crippen LogP contribution >= 0.6 is 22.9 Å². The van der Waals surface area contributed by atoms with Gasteiger partial charge >= 0.3 is 0 Å². The Kier molecular flexibility index (Phi) is 2.16. The summed E-state index contributed by atoms with van der Waals surface area (Å²) >= 11 is 7.31. The van der Waals surface area contributed by atoms with Crippen molar-refractivity contribution in [2.75, 3.05) is 0 Å². The van der Waals surface area contributed by atoms with Gasteiger partial charge < -0.3 is 4.98 Å². The molecule has 13 heavy (non-hydrogen) atoms. The van der Waals surface area contributed by atoms with Crippen LogP contribution in [0.15, 0.2) is 28.6 Å². The quantitative estimate of drug-likeness (QED) is 0.788. The van der Waals surface area contributed by atoms with Gasteiger partial charge in [-0.25, -0.2) is 4.98 Å². The van der Waals surface area contributed by atoms with Crippen molar-refractivity contribution >= 4 is 22.9 Å². The first kappa shape index (κ1) is 8.47. The summed E-state index contributed by atoms with van der Waals surface area (Å²) in [6.45, 7) is 0. The summed E-state index contributed by atoms with van der Waals surface area (Å²) < 4.78 is 0.651. The van der Waals surface area contributed by atoms with E-state index in [2.05, 4.69) is 9.97 Å². The van der Waals surface area contributed by atoms with Crippen molar-refractivity contribution in [3.63, 3.8) is 0 Å². The fraction of sp³-hybridized carbons (Fsp3) is 0. The standard InChI is InChI=1S/C8H5ClN2OS/c9-8-5(1-2-13-8)6-3-7(12)11-4-10-6/h1-4H,(H,10,11,12). The van der Waals surface area contributed by atoms with E-state index in [1.165, 1.54) is 23.7 Å². The summed E-state index contributed by atoms with van der Waals surface area (Å²) in [5.41, 5.74) is 1.24. The van der Waals surface area contributed by atoms with Gasteiger partial charge in [-0.3, -0.25) is 4.79 Å². The van der Waals surface area contributed by atoms with Crippen molar-refractivity contribution in [1.82, 2.24) is 9.97 Å². The van der Waals surface area contributed by atoms with E-state index >= 15 is 0 Å². The van der Waals surface area contributed by atoms with E-state index in [0.717, 1.165) is 5.56 Å². The lowest BCUT2D eigenvalue weighted by Crippen LogP contribution is -2.04. The molecule has 2 rings (SSSR count). The van der Waals surface area contributed by atoms with Crippen molar-refractivity contribution in [3.05, 3.63) is 38.5 Å². The normalized spacial score (nSPS) is 10.2. The number of aromatic nitrogens is 2. The van der Waals surface area contributed by atoms with E-state index in [0.29, 0.717) is 10.0 Å². The van der Waals surface area contributed by atoms with E-state index in [1.807, 2.05) is 11.4 Å². The summed E-state index contributed by atoms with van der Waals surface area (Å²) in [6.07, 6.45) is 1.37. The molecular weight excluding hydrogens is 208 g/mol. The highest BCUT2D eigenvalue weighted by Gasteiger charge is 2.05. The summed E-state index contributed by atoms with van der Waals surface area (Å²) in [6, 6.07) is 3.27. The van der Waals surface area contributed by atoms with E-state index in [9.17, 15) is 4.79 Å². The van der Waals surface area contributed by atoms with Gasteiger partial charge in [0.25, 0.3) is 5.56 Å². The fourth-order valence-corrected chi connectivity index (χ4v) is 1.93. The number of H-pyrrole nitrogens is 1. The third kappa shape index (κ3) is 1.64. The van der Waals surface area contributed by atoms with E-state index in [4.69, 9.17) is 11.6 Å². The second-order valence-corrected chi connectivity index (χ2v) is 3.92. The fourth-order valence-electron chi connectivity index (χ4n) is 0.993. The van der Waals surface area contributed by atoms with Crippen molar-refractivity contribution in [1.29, 1.82) is 0 Å². The number of hydrogen-bond donors (Lipinski definition) is 1. The van der Waals surface area contributed by atoms with Gasteiger partial charge in [0.2, 0.25) is 0 Å². The number of halogens is 1. The maximum Gasteiger partial charge on any atom is 0.251 e. The van der Waals surface area contributed by atoms with Crippen molar-refractivity contribution in [3.8, 4) is 11.3 Å².